The van der Waals surface area contributed by atoms with Gasteiger partial charge in [-0.05, 0) is 31.4 Å². The summed E-state index contributed by atoms with van der Waals surface area (Å²) in [6.45, 7) is 7.71. The molecule has 1 heterocycles. The summed E-state index contributed by atoms with van der Waals surface area (Å²) in [6.07, 6.45) is 2.39. The fourth-order valence-electron chi connectivity index (χ4n) is 2.78. The predicted molar refractivity (Wildman–Crippen MR) is 83.7 cm³/mol. The van der Waals surface area contributed by atoms with Crippen LogP contribution in [-0.4, -0.2) is 42.9 Å². The lowest BCUT2D eigenvalue weighted by molar-refractivity contribution is -0.00762. The van der Waals surface area contributed by atoms with Crippen molar-refractivity contribution >= 4 is 0 Å². The summed E-state index contributed by atoms with van der Waals surface area (Å²) < 4.78 is 11.1. The minimum Gasteiger partial charge on any atom is -0.507 e. The molecule has 0 spiro atoms. The van der Waals surface area contributed by atoms with Crippen LogP contribution in [0.25, 0.3) is 0 Å². The Hall–Kier alpha value is -1.26. The molecule has 0 amide bonds. The Morgan fingerprint density at radius 1 is 1.38 bits per heavy atom. The molecule has 2 atom stereocenters. The lowest BCUT2D eigenvalue weighted by Gasteiger charge is -2.36. The maximum atomic E-state index is 10.2. The van der Waals surface area contributed by atoms with E-state index >= 15 is 0 Å². The molecular formula is C17H27NO3. The topological polar surface area (TPSA) is 41.9 Å². The highest BCUT2D eigenvalue weighted by Crippen LogP contribution is 2.27. The zero-order valence-corrected chi connectivity index (χ0v) is 13.3. The number of likely N-dealkylation sites (tertiary alicyclic amines) is 1. The third-order valence-electron chi connectivity index (χ3n) is 4.20. The van der Waals surface area contributed by atoms with Crippen LogP contribution in [0.3, 0.4) is 0 Å². The van der Waals surface area contributed by atoms with Crippen LogP contribution in [0.5, 0.6) is 11.5 Å². The number of hydrogen-bond donors (Lipinski definition) is 1. The van der Waals surface area contributed by atoms with Gasteiger partial charge in [0.05, 0.1) is 12.7 Å². The van der Waals surface area contributed by atoms with E-state index in [1.54, 1.807) is 13.2 Å². The van der Waals surface area contributed by atoms with Gasteiger partial charge in [-0.3, -0.25) is 4.90 Å². The van der Waals surface area contributed by atoms with Gasteiger partial charge in [0, 0.05) is 31.8 Å². The lowest BCUT2D eigenvalue weighted by Crippen LogP contribution is -2.43. The molecule has 4 heteroatoms. The van der Waals surface area contributed by atoms with Crippen molar-refractivity contribution in [3.8, 4) is 11.5 Å². The zero-order chi connectivity index (χ0) is 15.2. The second kappa shape index (κ2) is 7.66. The summed E-state index contributed by atoms with van der Waals surface area (Å²) in [5.74, 6) is 1.65. The summed E-state index contributed by atoms with van der Waals surface area (Å²) in [5, 5.41) is 10.2. The summed E-state index contributed by atoms with van der Waals surface area (Å²) in [6, 6.07) is 5.61. The fraction of sp³-hybridized carbons (Fsp3) is 0.647. The number of ether oxygens (including phenoxy) is 2. The van der Waals surface area contributed by atoms with Gasteiger partial charge in [0.1, 0.15) is 11.5 Å². The second-order valence-corrected chi connectivity index (χ2v) is 5.91. The molecular weight excluding hydrogens is 266 g/mol. The van der Waals surface area contributed by atoms with Crippen LogP contribution in [0.2, 0.25) is 0 Å². The molecule has 0 aromatic heterocycles. The first-order valence-electron chi connectivity index (χ1n) is 7.83. The Labute approximate surface area is 127 Å². The highest BCUT2D eigenvalue weighted by atomic mass is 16.5. The highest BCUT2D eigenvalue weighted by Gasteiger charge is 2.26. The molecule has 0 bridgehead atoms. The molecule has 1 aliphatic heterocycles. The van der Waals surface area contributed by atoms with Crippen LogP contribution < -0.4 is 4.74 Å². The van der Waals surface area contributed by atoms with Crippen molar-refractivity contribution < 1.29 is 14.6 Å². The monoisotopic (exact) mass is 293 g/mol. The third-order valence-corrected chi connectivity index (χ3v) is 4.20. The van der Waals surface area contributed by atoms with Gasteiger partial charge >= 0.3 is 0 Å². The van der Waals surface area contributed by atoms with E-state index < -0.39 is 0 Å². The zero-order valence-electron chi connectivity index (χ0n) is 13.3. The Kier molecular flexibility index (Phi) is 5.88. The SMILES string of the molecule is CCCOc1ccc(CN2CCC(C)C(OC)C2)c(O)c1. The van der Waals surface area contributed by atoms with Crippen molar-refractivity contribution in [2.45, 2.75) is 39.3 Å². The first-order chi connectivity index (χ1) is 10.1. The highest BCUT2D eigenvalue weighted by molar-refractivity contribution is 5.39. The number of piperidine rings is 1. The smallest absolute Gasteiger partial charge is 0.123 e. The molecule has 1 aromatic carbocycles. The van der Waals surface area contributed by atoms with Crippen molar-refractivity contribution in [3.63, 3.8) is 0 Å². The van der Waals surface area contributed by atoms with Gasteiger partial charge in [0.25, 0.3) is 0 Å². The number of methoxy groups -OCH3 is 1. The van der Waals surface area contributed by atoms with E-state index in [1.165, 1.54) is 0 Å². The molecule has 1 fully saturated rings. The fourth-order valence-corrected chi connectivity index (χ4v) is 2.78. The average molecular weight is 293 g/mol. The second-order valence-electron chi connectivity index (χ2n) is 5.91. The largest absolute Gasteiger partial charge is 0.507 e. The molecule has 1 saturated heterocycles. The number of aromatic hydroxyl groups is 1. The van der Waals surface area contributed by atoms with Crippen molar-refractivity contribution in [1.29, 1.82) is 0 Å². The van der Waals surface area contributed by atoms with Gasteiger partial charge in [-0.1, -0.05) is 19.9 Å². The van der Waals surface area contributed by atoms with E-state index in [-0.39, 0.29) is 6.10 Å². The molecule has 0 radical (unpaired) electrons. The molecule has 1 N–H and O–H groups in total. The van der Waals surface area contributed by atoms with E-state index in [4.69, 9.17) is 9.47 Å². The molecule has 0 saturated carbocycles. The molecule has 1 aromatic rings. The lowest BCUT2D eigenvalue weighted by atomic mass is 9.95. The Bertz CT molecular complexity index is 450. The molecule has 21 heavy (non-hydrogen) atoms. The van der Waals surface area contributed by atoms with E-state index in [0.717, 1.165) is 43.8 Å². The molecule has 2 unspecified atom stereocenters. The summed E-state index contributed by atoms with van der Waals surface area (Å²) in [5.41, 5.74) is 0.947. The summed E-state index contributed by atoms with van der Waals surface area (Å²) in [4.78, 5) is 2.34. The quantitative estimate of drug-likeness (QED) is 0.875. The number of hydrogen-bond acceptors (Lipinski definition) is 4. The van der Waals surface area contributed by atoms with E-state index in [9.17, 15) is 5.11 Å². The molecule has 2 rings (SSSR count). The third kappa shape index (κ3) is 4.35. The standard InChI is InChI=1S/C17H27NO3/c1-4-9-21-15-6-5-14(16(19)10-15)11-18-8-7-13(2)17(12-18)20-3/h5-6,10,13,17,19H,4,7-9,11-12H2,1-3H3. The number of phenols is 1. The van der Waals surface area contributed by atoms with Gasteiger partial charge in [0.2, 0.25) is 0 Å². The van der Waals surface area contributed by atoms with Crippen LogP contribution in [0.15, 0.2) is 18.2 Å². The maximum Gasteiger partial charge on any atom is 0.123 e. The van der Waals surface area contributed by atoms with Crippen molar-refractivity contribution in [1.82, 2.24) is 4.90 Å². The number of nitrogens with zero attached hydrogens (tertiary/aromatic N) is 1. The number of benzene rings is 1. The van der Waals surface area contributed by atoms with Crippen LogP contribution >= 0.6 is 0 Å². The van der Waals surface area contributed by atoms with Crippen LogP contribution in [-0.2, 0) is 11.3 Å². The van der Waals surface area contributed by atoms with E-state index in [2.05, 4.69) is 18.7 Å². The van der Waals surface area contributed by atoms with Crippen LogP contribution in [0, 0.1) is 5.92 Å². The predicted octanol–water partition coefficient (Wildman–Crippen LogP) is 3.04. The Balaban J connectivity index is 1.96. The van der Waals surface area contributed by atoms with Gasteiger partial charge in [-0.25, -0.2) is 0 Å². The minimum atomic E-state index is 0.285. The van der Waals surface area contributed by atoms with Crippen molar-refractivity contribution in [2.75, 3.05) is 26.8 Å². The Morgan fingerprint density at radius 2 is 2.19 bits per heavy atom. The molecule has 4 nitrogen and oxygen atoms in total. The van der Waals surface area contributed by atoms with Gasteiger partial charge < -0.3 is 14.6 Å². The van der Waals surface area contributed by atoms with Gasteiger partial charge in [-0.2, -0.15) is 0 Å². The number of phenolic OH excluding ortho intramolecular Hbond substituents is 1. The normalized spacial score (nSPS) is 23.2. The van der Waals surface area contributed by atoms with Crippen LogP contribution in [0.4, 0.5) is 0 Å². The average Bonchev–Trinajstić information content (AvgIpc) is 2.49. The molecule has 0 aliphatic carbocycles. The Morgan fingerprint density at radius 3 is 2.86 bits per heavy atom. The van der Waals surface area contributed by atoms with Gasteiger partial charge in [-0.15, -0.1) is 0 Å². The molecule has 1 aliphatic rings. The maximum absolute atomic E-state index is 10.2. The van der Waals surface area contributed by atoms with Crippen LogP contribution in [0.1, 0.15) is 32.3 Å². The first kappa shape index (κ1) is 16.1. The summed E-state index contributed by atoms with van der Waals surface area (Å²) >= 11 is 0. The van der Waals surface area contributed by atoms with Crippen molar-refractivity contribution in [2.24, 2.45) is 5.92 Å². The van der Waals surface area contributed by atoms with E-state index in [1.807, 2.05) is 12.1 Å². The summed E-state index contributed by atoms with van der Waals surface area (Å²) in [7, 11) is 1.78. The van der Waals surface area contributed by atoms with Gasteiger partial charge in [0.15, 0.2) is 0 Å². The first-order valence-corrected chi connectivity index (χ1v) is 7.83. The molecule has 118 valence electrons. The van der Waals surface area contributed by atoms with Crippen molar-refractivity contribution in [3.05, 3.63) is 23.8 Å². The van der Waals surface area contributed by atoms with E-state index in [0.29, 0.717) is 18.3 Å². The minimum absolute atomic E-state index is 0.285. The number of rotatable bonds is 6.